The Morgan fingerprint density at radius 3 is 2.47 bits per heavy atom. The lowest BCUT2D eigenvalue weighted by atomic mass is 10.1. The van der Waals surface area contributed by atoms with Crippen LogP contribution >= 0.6 is 11.8 Å². The molecule has 0 spiro atoms. The Bertz CT molecular complexity index is 581. The highest BCUT2D eigenvalue weighted by Gasteiger charge is 2.04. The predicted molar refractivity (Wildman–Crippen MR) is 79.8 cm³/mol. The van der Waals surface area contributed by atoms with Crippen LogP contribution in [-0.4, -0.2) is 0 Å². The maximum absolute atomic E-state index is 13.8. The van der Waals surface area contributed by atoms with Crippen molar-refractivity contribution in [1.29, 1.82) is 0 Å². The summed E-state index contributed by atoms with van der Waals surface area (Å²) in [6.07, 6.45) is 0. The Hall–Kier alpha value is -1.32. The van der Waals surface area contributed by atoms with Crippen molar-refractivity contribution in [3.05, 3.63) is 64.5 Å². The van der Waals surface area contributed by atoms with E-state index >= 15 is 0 Å². The van der Waals surface area contributed by atoms with Gasteiger partial charge in [0, 0.05) is 17.2 Å². The molecule has 0 heterocycles. The molecule has 0 amide bonds. The van der Waals surface area contributed by atoms with Crippen LogP contribution in [0.4, 0.5) is 4.39 Å². The maximum Gasteiger partial charge on any atom is 0.127 e. The van der Waals surface area contributed by atoms with Gasteiger partial charge in [-0.05, 0) is 54.3 Å². The summed E-state index contributed by atoms with van der Waals surface area (Å²) >= 11 is 1.65. The molecule has 0 unspecified atom stereocenters. The largest absolute Gasteiger partial charge is 0.326 e. The summed E-state index contributed by atoms with van der Waals surface area (Å²) < 4.78 is 13.8. The van der Waals surface area contributed by atoms with Crippen molar-refractivity contribution in [2.75, 3.05) is 0 Å². The lowest BCUT2D eigenvalue weighted by Gasteiger charge is -2.07. The Morgan fingerprint density at radius 1 is 1.05 bits per heavy atom. The third-order valence-electron chi connectivity index (χ3n) is 3.23. The Morgan fingerprint density at radius 2 is 1.84 bits per heavy atom. The van der Waals surface area contributed by atoms with Gasteiger partial charge in [0.05, 0.1) is 0 Å². The van der Waals surface area contributed by atoms with Gasteiger partial charge in [0.1, 0.15) is 5.82 Å². The summed E-state index contributed by atoms with van der Waals surface area (Å²) in [6, 6.07) is 11.6. The van der Waals surface area contributed by atoms with E-state index in [1.165, 1.54) is 22.1 Å². The molecule has 0 bridgehead atoms. The molecule has 0 fully saturated rings. The van der Waals surface area contributed by atoms with E-state index in [0.29, 0.717) is 12.3 Å². The minimum absolute atomic E-state index is 0.167. The van der Waals surface area contributed by atoms with Gasteiger partial charge in [-0.2, -0.15) is 0 Å². The van der Waals surface area contributed by atoms with Gasteiger partial charge >= 0.3 is 0 Å². The number of halogens is 1. The fraction of sp³-hybridized carbons (Fsp3) is 0.250. The van der Waals surface area contributed by atoms with Crippen LogP contribution in [0.5, 0.6) is 0 Å². The summed E-state index contributed by atoms with van der Waals surface area (Å²) in [4.78, 5) is 1.17. The summed E-state index contributed by atoms with van der Waals surface area (Å²) in [5, 5.41) is 0. The Kier molecular flexibility index (Phi) is 4.61. The summed E-state index contributed by atoms with van der Waals surface area (Å²) in [6.45, 7) is 4.56. The molecular formula is C16H18FNS. The molecule has 2 aromatic rings. The van der Waals surface area contributed by atoms with E-state index < -0.39 is 0 Å². The standard InChI is InChI=1S/C16H18FNS/c1-11-3-6-15(7-12(11)2)19-10-14-5-4-13(9-18)8-16(14)17/h3-8H,9-10,18H2,1-2H3. The van der Waals surface area contributed by atoms with Crippen molar-refractivity contribution in [1.82, 2.24) is 0 Å². The van der Waals surface area contributed by atoms with Crippen molar-refractivity contribution in [3.63, 3.8) is 0 Å². The number of rotatable bonds is 4. The van der Waals surface area contributed by atoms with Gasteiger partial charge in [-0.15, -0.1) is 11.8 Å². The van der Waals surface area contributed by atoms with Crippen LogP contribution in [0, 0.1) is 19.7 Å². The first-order chi connectivity index (χ1) is 9.10. The highest BCUT2D eigenvalue weighted by atomic mass is 32.2. The second-order valence-corrected chi connectivity index (χ2v) is 5.71. The zero-order valence-electron chi connectivity index (χ0n) is 11.2. The molecule has 0 aliphatic carbocycles. The molecule has 2 N–H and O–H groups in total. The predicted octanol–water partition coefficient (Wildman–Crippen LogP) is 4.19. The average molecular weight is 275 g/mol. The van der Waals surface area contributed by atoms with Crippen LogP contribution in [-0.2, 0) is 12.3 Å². The zero-order chi connectivity index (χ0) is 13.8. The average Bonchev–Trinajstić information content (AvgIpc) is 2.41. The van der Waals surface area contributed by atoms with Crippen molar-refractivity contribution in [2.24, 2.45) is 5.73 Å². The Labute approximate surface area is 118 Å². The first kappa shape index (κ1) is 14.1. The summed E-state index contributed by atoms with van der Waals surface area (Å²) in [5.74, 6) is 0.471. The van der Waals surface area contributed by atoms with Gasteiger partial charge in [-0.25, -0.2) is 4.39 Å². The topological polar surface area (TPSA) is 26.0 Å². The molecule has 0 aliphatic heterocycles. The van der Waals surface area contributed by atoms with Crippen molar-refractivity contribution in [2.45, 2.75) is 31.0 Å². The smallest absolute Gasteiger partial charge is 0.127 e. The van der Waals surface area contributed by atoms with E-state index in [-0.39, 0.29) is 5.82 Å². The van der Waals surface area contributed by atoms with Gasteiger partial charge in [-0.1, -0.05) is 18.2 Å². The lowest BCUT2D eigenvalue weighted by Crippen LogP contribution is -1.98. The normalized spacial score (nSPS) is 10.7. The van der Waals surface area contributed by atoms with Gasteiger partial charge in [-0.3, -0.25) is 0 Å². The summed E-state index contributed by atoms with van der Waals surface area (Å²) in [7, 11) is 0. The van der Waals surface area contributed by atoms with Gasteiger partial charge in [0.25, 0.3) is 0 Å². The molecule has 0 radical (unpaired) electrons. The highest BCUT2D eigenvalue weighted by molar-refractivity contribution is 7.98. The van der Waals surface area contributed by atoms with Gasteiger partial charge in [0.2, 0.25) is 0 Å². The van der Waals surface area contributed by atoms with Crippen LogP contribution in [0.3, 0.4) is 0 Å². The molecule has 0 aliphatic rings. The van der Waals surface area contributed by atoms with Gasteiger partial charge in [0.15, 0.2) is 0 Å². The van der Waals surface area contributed by atoms with Crippen molar-refractivity contribution < 1.29 is 4.39 Å². The van der Waals surface area contributed by atoms with Crippen LogP contribution in [0.25, 0.3) is 0 Å². The molecule has 19 heavy (non-hydrogen) atoms. The van der Waals surface area contributed by atoms with E-state index in [1.807, 2.05) is 12.1 Å². The SMILES string of the molecule is Cc1ccc(SCc2ccc(CN)cc2F)cc1C. The molecule has 2 rings (SSSR count). The molecule has 0 atom stereocenters. The fourth-order valence-electron chi connectivity index (χ4n) is 1.80. The molecule has 3 heteroatoms. The number of thioether (sulfide) groups is 1. The monoisotopic (exact) mass is 275 g/mol. The summed E-state index contributed by atoms with van der Waals surface area (Å²) in [5.41, 5.74) is 9.59. The number of hydrogen-bond donors (Lipinski definition) is 1. The van der Waals surface area contributed by atoms with E-state index in [1.54, 1.807) is 11.8 Å². The van der Waals surface area contributed by atoms with E-state index in [0.717, 1.165) is 11.1 Å². The van der Waals surface area contributed by atoms with Crippen LogP contribution in [0.2, 0.25) is 0 Å². The highest BCUT2D eigenvalue weighted by Crippen LogP contribution is 2.26. The number of aryl methyl sites for hydroxylation is 2. The van der Waals surface area contributed by atoms with Gasteiger partial charge < -0.3 is 5.73 Å². The minimum atomic E-state index is -0.167. The van der Waals surface area contributed by atoms with Crippen LogP contribution < -0.4 is 5.73 Å². The quantitative estimate of drug-likeness (QED) is 0.847. The first-order valence-electron chi connectivity index (χ1n) is 6.27. The molecular weight excluding hydrogens is 257 g/mol. The van der Waals surface area contributed by atoms with E-state index in [4.69, 9.17) is 5.73 Å². The minimum Gasteiger partial charge on any atom is -0.326 e. The molecule has 2 aromatic carbocycles. The second-order valence-electron chi connectivity index (χ2n) is 4.66. The molecule has 0 aromatic heterocycles. The fourth-order valence-corrected chi connectivity index (χ4v) is 2.78. The maximum atomic E-state index is 13.8. The number of benzene rings is 2. The zero-order valence-corrected chi connectivity index (χ0v) is 12.1. The third kappa shape index (κ3) is 3.58. The van der Waals surface area contributed by atoms with E-state index in [2.05, 4.69) is 32.0 Å². The Balaban J connectivity index is 2.07. The second kappa shape index (κ2) is 6.22. The molecule has 0 saturated carbocycles. The first-order valence-corrected chi connectivity index (χ1v) is 7.26. The van der Waals surface area contributed by atoms with Crippen LogP contribution in [0.1, 0.15) is 22.3 Å². The number of nitrogens with two attached hydrogens (primary N) is 1. The van der Waals surface area contributed by atoms with Crippen molar-refractivity contribution in [3.8, 4) is 0 Å². The molecule has 100 valence electrons. The third-order valence-corrected chi connectivity index (χ3v) is 4.27. The lowest BCUT2D eigenvalue weighted by molar-refractivity contribution is 0.615. The van der Waals surface area contributed by atoms with E-state index in [9.17, 15) is 4.39 Å². The van der Waals surface area contributed by atoms with Crippen molar-refractivity contribution >= 4 is 11.8 Å². The van der Waals surface area contributed by atoms with Crippen LogP contribution in [0.15, 0.2) is 41.3 Å². The number of hydrogen-bond acceptors (Lipinski definition) is 2. The molecule has 1 nitrogen and oxygen atoms in total. The molecule has 0 saturated heterocycles.